The summed E-state index contributed by atoms with van der Waals surface area (Å²) in [7, 11) is 1.60. The summed E-state index contributed by atoms with van der Waals surface area (Å²) in [6.07, 6.45) is 1.63. The van der Waals surface area contributed by atoms with Gasteiger partial charge >= 0.3 is 0 Å². The van der Waals surface area contributed by atoms with E-state index >= 15 is 0 Å². The first-order valence-electron chi connectivity index (χ1n) is 8.71. The Bertz CT molecular complexity index is 658. The third kappa shape index (κ3) is 5.48. The van der Waals surface area contributed by atoms with Crippen LogP contribution in [0, 0.1) is 11.3 Å². The predicted octanol–water partition coefficient (Wildman–Crippen LogP) is 0.890. The maximum absolute atomic E-state index is 12.4. The van der Waals surface area contributed by atoms with E-state index in [9.17, 15) is 10.1 Å². The van der Waals surface area contributed by atoms with Crippen molar-refractivity contribution in [3.63, 3.8) is 0 Å². The van der Waals surface area contributed by atoms with Gasteiger partial charge in [0.05, 0.1) is 19.8 Å². The van der Waals surface area contributed by atoms with Crippen LogP contribution in [0.3, 0.4) is 0 Å². The van der Waals surface area contributed by atoms with Gasteiger partial charge in [0, 0.05) is 38.9 Å². The number of amides is 1. The Morgan fingerprint density at radius 3 is 2.54 bits per heavy atom. The maximum Gasteiger partial charge on any atom is 0.263 e. The van der Waals surface area contributed by atoms with E-state index in [0.29, 0.717) is 6.54 Å². The van der Waals surface area contributed by atoms with Crippen LogP contribution in [-0.4, -0.2) is 67.3 Å². The molecule has 0 spiro atoms. The molecule has 0 aromatic heterocycles. The van der Waals surface area contributed by atoms with Crippen molar-refractivity contribution in [1.82, 2.24) is 15.1 Å². The minimum Gasteiger partial charge on any atom is -0.497 e. The van der Waals surface area contributed by atoms with E-state index in [1.54, 1.807) is 13.3 Å². The highest BCUT2D eigenvalue weighted by Crippen LogP contribution is 2.17. The number of carbonyl (C=O) groups excluding carboxylic acids is 1. The Labute approximate surface area is 154 Å². The van der Waals surface area contributed by atoms with Gasteiger partial charge in [0.25, 0.3) is 5.91 Å². The van der Waals surface area contributed by atoms with Crippen molar-refractivity contribution in [1.29, 1.82) is 5.26 Å². The molecule has 26 heavy (non-hydrogen) atoms. The first-order chi connectivity index (χ1) is 12.6. The van der Waals surface area contributed by atoms with Crippen molar-refractivity contribution in [2.45, 2.75) is 13.0 Å². The molecule has 1 unspecified atom stereocenters. The first kappa shape index (κ1) is 19.8. The van der Waals surface area contributed by atoms with Gasteiger partial charge in [-0.1, -0.05) is 12.1 Å². The van der Waals surface area contributed by atoms with E-state index in [1.807, 2.05) is 42.2 Å². The van der Waals surface area contributed by atoms with Crippen LogP contribution in [0.25, 0.3) is 0 Å². The van der Waals surface area contributed by atoms with Gasteiger partial charge in [-0.15, -0.1) is 0 Å². The Morgan fingerprint density at radius 2 is 2.00 bits per heavy atom. The van der Waals surface area contributed by atoms with Crippen molar-refractivity contribution >= 4 is 5.91 Å². The molecule has 1 atom stereocenters. The third-order valence-electron chi connectivity index (χ3n) is 4.46. The van der Waals surface area contributed by atoms with Gasteiger partial charge < -0.3 is 20.1 Å². The van der Waals surface area contributed by atoms with Crippen molar-refractivity contribution in [3.8, 4) is 11.8 Å². The normalized spacial score (nSPS) is 16.7. The molecule has 0 aliphatic carbocycles. The van der Waals surface area contributed by atoms with Crippen LogP contribution < -0.4 is 10.1 Å². The lowest BCUT2D eigenvalue weighted by molar-refractivity contribution is -0.117. The molecular weight excluding hydrogens is 332 g/mol. The first-order valence-corrected chi connectivity index (χ1v) is 8.71. The fraction of sp³-hybridized carbons (Fsp3) is 0.474. The lowest BCUT2D eigenvalue weighted by Gasteiger charge is -2.33. The molecule has 1 saturated heterocycles. The quantitative estimate of drug-likeness (QED) is 0.556. The fourth-order valence-corrected chi connectivity index (χ4v) is 2.83. The Morgan fingerprint density at radius 1 is 1.35 bits per heavy atom. The SMILES string of the molecule is COc1ccc(C(C)NC(=O)/C(C#N)=C\N2CCN(CCO)CC2)cc1. The van der Waals surface area contributed by atoms with Crippen LogP contribution in [0.1, 0.15) is 18.5 Å². The van der Waals surface area contributed by atoms with Crippen LogP contribution in [0.2, 0.25) is 0 Å². The Hall–Kier alpha value is -2.56. The number of benzene rings is 1. The summed E-state index contributed by atoms with van der Waals surface area (Å²) in [5.74, 6) is 0.374. The van der Waals surface area contributed by atoms with E-state index in [4.69, 9.17) is 9.84 Å². The largest absolute Gasteiger partial charge is 0.497 e. The van der Waals surface area contributed by atoms with E-state index in [-0.39, 0.29) is 24.1 Å². The second-order valence-electron chi connectivity index (χ2n) is 6.22. The summed E-state index contributed by atoms with van der Waals surface area (Å²) in [5, 5.41) is 21.2. The van der Waals surface area contributed by atoms with E-state index in [0.717, 1.165) is 37.5 Å². The molecule has 1 aliphatic heterocycles. The summed E-state index contributed by atoms with van der Waals surface area (Å²) in [4.78, 5) is 16.6. The van der Waals surface area contributed by atoms with Crippen molar-refractivity contribution in [3.05, 3.63) is 41.6 Å². The summed E-state index contributed by atoms with van der Waals surface area (Å²) in [5.41, 5.74) is 1.04. The van der Waals surface area contributed by atoms with E-state index < -0.39 is 0 Å². The topological polar surface area (TPSA) is 88.8 Å². The number of nitriles is 1. The number of aliphatic hydroxyl groups excluding tert-OH is 1. The maximum atomic E-state index is 12.4. The van der Waals surface area contributed by atoms with Gasteiger partial charge in [0.1, 0.15) is 17.4 Å². The summed E-state index contributed by atoms with van der Waals surface area (Å²) >= 11 is 0. The van der Waals surface area contributed by atoms with Crippen LogP contribution in [-0.2, 0) is 4.79 Å². The van der Waals surface area contributed by atoms with Crippen LogP contribution in [0.5, 0.6) is 5.75 Å². The number of nitrogens with zero attached hydrogens (tertiary/aromatic N) is 3. The highest BCUT2D eigenvalue weighted by Gasteiger charge is 2.18. The number of hydrogen-bond donors (Lipinski definition) is 2. The summed E-state index contributed by atoms with van der Waals surface area (Å²) < 4.78 is 5.13. The zero-order chi connectivity index (χ0) is 18.9. The molecule has 1 fully saturated rings. The molecule has 0 bridgehead atoms. The number of nitrogens with one attached hydrogen (secondary N) is 1. The number of piperazine rings is 1. The average Bonchev–Trinajstić information content (AvgIpc) is 2.67. The minimum atomic E-state index is -0.381. The van der Waals surface area contributed by atoms with Crippen LogP contribution in [0.4, 0.5) is 0 Å². The van der Waals surface area contributed by atoms with E-state index in [1.165, 1.54) is 0 Å². The van der Waals surface area contributed by atoms with Crippen molar-refractivity contribution < 1.29 is 14.6 Å². The second kappa shape index (κ2) is 9.80. The number of carbonyl (C=O) groups is 1. The minimum absolute atomic E-state index is 0.0981. The molecule has 1 aromatic carbocycles. The summed E-state index contributed by atoms with van der Waals surface area (Å²) in [6.45, 7) is 5.74. The van der Waals surface area contributed by atoms with Crippen molar-refractivity contribution in [2.24, 2.45) is 0 Å². The molecular formula is C19H26N4O3. The Kier molecular flexibility index (Phi) is 7.45. The van der Waals surface area contributed by atoms with Crippen molar-refractivity contribution in [2.75, 3.05) is 46.4 Å². The molecule has 2 rings (SSSR count). The monoisotopic (exact) mass is 358 g/mol. The molecule has 7 nitrogen and oxygen atoms in total. The highest BCUT2D eigenvalue weighted by molar-refractivity contribution is 5.97. The number of ether oxygens (including phenoxy) is 1. The number of aliphatic hydroxyl groups is 1. The zero-order valence-corrected chi connectivity index (χ0v) is 15.3. The highest BCUT2D eigenvalue weighted by atomic mass is 16.5. The zero-order valence-electron chi connectivity index (χ0n) is 15.3. The lowest BCUT2D eigenvalue weighted by atomic mass is 10.1. The molecule has 1 amide bonds. The van der Waals surface area contributed by atoms with Gasteiger partial charge in [-0.3, -0.25) is 9.69 Å². The number of hydrogen-bond acceptors (Lipinski definition) is 6. The number of β-amino-alcohol motifs (C(OH)–C–C–N with tert-alkyl or cyclic N) is 1. The van der Waals surface area contributed by atoms with E-state index in [2.05, 4.69) is 10.2 Å². The third-order valence-corrected chi connectivity index (χ3v) is 4.46. The van der Waals surface area contributed by atoms with Gasteiger partial charge in [0.15, 0.2) is 0 Å². The average molecular weight is 358 g/mol. The molecule has 1 aromatic rings. The second-order valence-corrected chi connectivity index (χ2v) is 6.22. The molecule has 140 valence electrons. The standard InChI is InChI=1S/C19H26N4O3/c1-15(16-3-5-18(26-2)6-4-16)21-19(25)17(13-20)14-23-9-7-22(8-10-23)11-12-24/h3-6,14-15,24H,7-12H2,1-2H3,(H,21,25)/b17-14-. The Balaban J connectivity index is 1.94. The fourth-order valence-electron chi connectivity index (χ4n) is 2.83. The molecule has 1 aliphatic rings. The van der Waals surface area contributed by atoms with Crippen LogP contribution >= 0.6 is 0 Å². The summed E-state index contributed by atoms with van der Waals surface area (Å²) in [6, 6.07) is 9.23. The van der Waals surface area contributed by atoms with Gasteiger partial charge in [-0.05, 0) is 24.6 Å². The molecule has 7 heteroatoms. The van der Waals surface area contributed by atoms with Gasteiger partial charge in [-0.25, -0.2) is 0 Å². The predicted molar refractivity (Wildman–Crippen MR) is 98.3 cm³/mol. The molecule has 1 heterocycles. The molecule has 0 radical (unpaired) electrons. The number of rotatable bonds is 7. The lowest BCUT2D eigenvalue weighted by Crippen LogP contribution is -2.45. The van der Waals surface area contributed by atoms with Crippen LogP contribution in [0.15, 0.2) is 36.0 Å². The molecule has 0 saturated carbocycles. The molecule has 2 N–H and O–H groups in total. The van der Waals surface area contributed by atoms with Gasteiger partial charge in [0.2, 0.25) is 0 Å². The number of methoxy groups -OCH3 is 1. The van der Waals surface area contributed by atoms with Gasteiger partial charge in [-0.2, -0.15) is 5.26 Å². The smallest absolute Gasteiger partial charge is 0.263 e.